The van der Waals surface area contributed by atoms with Crippen molar-refractivity contribution in [2.24, 2.45) is 0 Å². The summed E-state index contributed by atoms with van der Waals surface area (Å²) in [4.78, 5) is 23.3. The molecular weight excluding hydrogens is 304 g/mol. The van der Waals surface area contributed by atoms with Crippen LogP contribution in [0.4, 0.5) is 0 Å². The molecule has 0 fully saturated rings. The van der Waals surface area contributed by atoms with E-state index < -0.39 is 0 Å². The van der Waals surface area contributed by atoms with Crippen LogP contribution in [0.2, 0.25) is 0 Å². The topological polar surface area (TPSA) is 71.3 Å². The highest BCUT2D eigenvalue weighted by Crippen LogP contribution is 2.15. The van der Waals surface area contributed by atoms with Gasteiger partial charge in [0.25, 0.3) is 5.91 Å². The standard InChI is InChI=1S/C19H22N2O3/c1-14(2)16-8-5-15(6-9-16)7-10-18(22)20-11-12-21-19(23)17-4-3-13-24-17/h3-10,13-14H,11-12H2,1-2H3,(H,20,22)(H,21,23)/b10-7+. The van der Waals surface area contributed by atoms with Crippen LogP contribution < -0.4 is 10.6 Å². The molecule has 0 bridgehead atoms. The SMILES string of the molecule is CC(C)c1ccc(/C=C/C(=O)NCCNC(=O)c2ccco2)cc1. The molecule has 1 aromatic carbocycles. The largest absolute Gasteiger partial charge is 0.459 e. The lowest BCUT2D eigenvalue weighted by molar-refractivity contribution is -0.116. The average molecular weight is 326 g/mol. The number of nitrogens with one attached hydrogen (secondary N) is 2. The quantitative estimate of drug-likeness (QED) is 0.607. The van der Waals surface area contributed by atoms with Gasteiger partial charge in [0.15, 0.2) is 5.76 Å². The third kappa shape index (κ3) is 5.43. The molecule has 0 radical (unpaired) electrons. The van der Waals surface area contributed by atoms with Crippen molar-refractivity contribution in [2.75, 3.05) is 13.1 Å². The second-order valence-corrected chi connectivity index (χ2v) is 5.68. The minimum atomic E-state index is -0.296. The lowest BCUT2D eigenvalue weighted by Gasteiger charge is -2.05. The summed E-state index contributed by atoms with van der Waals surface area (Å²) in [5, 5.41) is 5.37. The minimum absolute atomic E-state index is 0.199. The maximum atomic E-state index is 11.7. The van der Waals surface area contributed by atoms with Crippen LogP contribution in [0.1, 0.15) is 41.4 Å². The van der Waals surface area contributed by atoms with Crippen LogP contribution in [-0.2, 0) is 4.79 Å². The van der Waals surface area contributed by atoms with Gasteiger partial charge in [-0.15, -0.1) is 0 Å². The lowest BCUT2D eigenvalue weighted by atomic mass is 10.0. The summed E-state index contributed by atoms with van der Waals surface area (Å²) in [6.45, 7) is 4.97. The molecule has 5 nitrogen and oxygen atoms in total. The van der Waals surface area contributed by atoms with Crippen LogP contribution in [0.5, 0.6) is 0 Å². The van der Waals surface area contributed by atoms with E-state index in [-0.39, 0.29) is 17.6 Å². The van der Waals surface area contributed by atoms with Crippen molar-refractivity contribution in [2.45, 2.75) is 19.8 Å². The predicted octanol–water partition coefficient (Wildman–Crippen LogP) is 2.96. The van der Waals surface area contributed by atoms with Gasteiger partial charge in [-0.25, -0.2) is 0 Å². The lowest BCUT2D eigenvalue weighted by Crippen LogP contribution is -2.33. The van der Waals surface area contributed by atoms with Gasteiger partial charge in [0.2, 0.25) is 5.91 Å². The number of benzene rings is 1. The van der Waals surface area contributed by atoms with Crippen molar-refractivity contribution in [3.8, 4) is 0 Å². The zero-order chi connectivity index (χ0) is 17.4. The molecule has 0 spiro atoms. The molecule has 0 saturated heterocycles. The third-order valence-electron chi connectivity index (χ3n) is 3.49. The van der Waals surface area contributed by atoms with Crippen LogP contribution in [0.15, 0.2) is 53.2 Å². The molecule has 1 heterocycles. The van der Waals surface area contributed by atoms with Crippen molar-refractivity contribution in [3.05, 3.63) is 65.6 Å². The zero-order valence-electron chi connectivity index (χ0n) is 13.9. The molecule has 0 saturated carbocycles. The maximum absolute atomic E-state index is 11.7. The monoisotopic (exact) mass is 326 g/mol. The van der Waals surface area contributed by atoms with Crippen LogP contribution in [0, 0.1) is 0 Å². The second kappa shape index (κ2) is 8.72. The summed E-state index contributed by atoms with van der Waals surface area (Å²) in [5.41, 5.74) is 2.24. The van der Waals surface area contributed by atoms with Crippen molar-refractivity contribution in [1.29, 1.82) is 0 Å². The van der Waals surface area contributed by atoms with Gasteiger partial charge in [-0.3, -0.25) is 9.59 Å². The molecule has 1 aromatic heterocycles. The summed E-state index contributed by atoms with van der Waals surface area (Å²) in [6, 6.07) is 11.3. The average Bonchev–Trinajstić information content (AvgIpc) is 3.11. The molecule has 24 heavy (non-hydrogen) atoms. The number of amides is 2. The van der Waals surface area contributed by atoms with Gasteiger partial charge >= 0.3 is 0 Å². The van der Waals surface area contributed by atoms with Crippen LogP contribution >= 0.6 is 0 Å². The first-order chi connectivity index (χ1) is 11.6. The molecule has 2 rings (SSSR count). The van der Waals surface area contributed by atoms with Crippen LogP contribution in [0.25, 0.3) is 6.08 Å². The van der Waals surface area contributed by atoms with Crippen LogP contribution in [-0.4, -0.2) is 24.9 Å². The third-order valence-corrected chi connectivity index (χ3v) is 3.49. The molecule has 5 heteroatoms. The van der Waals surface area contributed by atoms with Gasteiger partial charge in [-0.1, -0.05) is 38.1 Å². The van der Waals surface area contributed by atoms with Crippen molar-refractivity contribution < 1.29 is 14.0 Å². The van der Waals surface area contributed by atoms with E-state index >= 15 is 0 Å². The van der Waals surface area contributed by atoms with Gasteiger partial charge in [0.05, 0.1) is 6.26 Å². The Labute approximate surface area is 141 Å². The normalized spacial score (nSPS) is 11.0. The number of carbonyl (C=O) groups excluding carboxylic acids is 2. The first-order valence-electron chi connectivity index (χ1n) is 7.94. The van der Waals surface area contributed by atoms with E-state index in [1.807, 2.05) is 12.1 Å². The maximum Gasteiger partial charge on any atom is 0.287 e. The Morgan fingerprint density at radius 1 is 1.08 bits per heavy atom. The number of carbonyl (C=O) groups is 2. The van der Waals surface area contributed by atoms with Crippen molar-refractivity contribution in [3.63, 3.8) is 0 Å². The van der Waals surface area contributed by atoms with E-state index in [1.165, 1.54) is 17.9 Å². The minimum Gasteiger partial charge on any atom is -0.459 e. The van der Waals surface area contributed by atoms with Crippen LogP contribution in [0.3, 0.4) is 0 Å². The van der Waals surface area contributed by atoms with E-state index in [2.05, 4.69) is 36.6 Å². The summed E-state index contributed by atoms with van der Waals surface area (Å²) in [6.07, 6.45) is 4.69. The Balaban J connectivity index is 1.70. The molecule has 126 valence electrons. The first kappa shape index (κ1) is 17.5. The van der Waals surface area contributed by atoms with Gasteiger partial charge in [-0.2, -0.15) is 0 Å². The number of hydrogen-bond donors (Lipinski definition) is 2. The molecule has 2 amide bonds. The summed E-state index contributed by atoms with van der Waals surface area (Å²) in [5.74, 6) is 0.249. The van der Waals surface area contributed by atoms with Gasteiger partial charge in [0, 0.05) is 19.2 Å². The number of hydrogen-bond acceptors (Lipinski definition) is 3. The van der Waals surface area contributed by atoms with E-state index in [0.29, 0.717) is 19.0 Å². The molecule has 0 atom stereocenters. The Bertz CT molecular complexity index is 686. The van der Waals surface area contributed by atoms with Gasteiger partial charge in [-0.05, 0) is 35.3 Å². The molecule has 0 aliphatic carbocycles. The summed E-state index contributed by atoms with van der Waals surface area (Å²) >= 11 is 0. The summed E-state index contributed by atoms with van der Waals surface area (Å²) in [7, 11) is 0. The van der Waals surface area contributed by atoms with E-state index in [0.717, 1.165) is 5.56 Å². The molecule has 0 aliphatic rings. The second-order valence-electron chi connectivity index (χ2n) is 5.68. The van der Waals surface area contributed by atoms with E-state index in [1.54, 1.807) is 18.2 Å². The molecule has 2 aromatic rings. The summed E-state index contributed by atoms with van der Waals surface area (Å²) < 4.78 is 4.97. The number of furan rings is 1. The fourth-order valence-corrected chi connectivity index (χ4v) is 2.08. The van der Waals surface area contributed by atoms with E-state index in [4.69, 9.17) is 4.42 Å². The highest BCUT2D eigenvalue weighted by Gasteiger charge is 2.06. The predicted molar refractivity (Wildman–Crippen MR) is 93.6 cm³/mol. The Morgan fingerprint density at radius 3 is 2.42 bits per heavy atom. The van der Waals surface area contributed by atoms with Gasteiger partial charge < -0.3 is 15.1 Å². The molecule has 2 N–H and O–H groups in total. The Kier molecular flexibility index (Phi) is 6.37. The smallest absolute Gasteiger partial charge is 0.287 e. The van der Waals surface area contributed by atoms with E-state index in [9.17, 15) is 9.59 Å². The fraction of sp³-hybridized carbons (Fsp3) is 0.263. The van der Waals surface area contributed by atoms with Crippen molar-refractivity contribution >= 4 is 17.9 Å². The van der Waals surface area contributed by atoms with Crippen molar-refractivity contribution in [1.82, 2.24) is 10.6 Å². The number of rotatable bonds is 7. The Morgan fingerprint density at radius 2 is 1.79 bits per heavy atom. The Hall–Kier alpha value is -2.82. The molecule has 0 aliphatic heterocycles. The zero-order valence-corrected chi connectivity index (χ0v) is 13.9. The highest BCUT2D eigenvalue weighted by atomic mass is 16.3. The molecule has 0 unspecified atom stereocenters. The fourth-order valence-electron chi connectivity index (χ4n) is 2.08. The first-order valence-corrected chi connectivity index (χ1v) is 7.94. The highest BCUT2D eigenvalue weighted by molar-refractivity contribution is 5.92. The van der Waals surface area contributed by atoms with Gasteiger partial charge in [0.1, 0.15) is 0 Å². The molecular formula is C19H22N2O3.